The van der Waals surface area contributed by atoms with Gasteiger partial charge in [0, 0.05) is 30.4 Å². The molecular formula is C14H18ClN3. The van der Waals surface area contributed by atoms with E-state index in [4.69, 9.17) is 11.6 Å². The van der Waals surface area contributed by atoms with Gasteiger partial charge in [0.05, 0.1) is 12.0 Å². The molecule has 1 aromatic heterocycles. The largest absolute Gasteiger partial charge is 0.334 e. The fraction of sp³-hybridized carbons (Fsp3) is 0.357. The van der Waals surface area contributed by atoms with Gasteiger partial charge in [-0.05, 0) is 25.5 Å². The van der Waals surface area contributed by atoms with Crippen molar-refractivity contribution in [3.05, 3.63) is 53.1 Å². The van der Waals surface area contributed by atoms with Gasteiger partial charge in [0.15, 0.2) is 0 Å². The number of nitrogens with one attached hydrogen (secondary N) is 1. The van der Waals surface area contributed by atoms with Crippen LogP contribution in [0.5, 0.6) is 0 Å². The van der Waals surface area contributed by atoms with Crippen LogP contribution in [0.2, 0.25) is 5.02 Å². The standard InChI is InChI=1S/C14H18ClN3/c1-3-18-10-16-8-12(18)9-17-11(2)13-6-4-5-7-14(13)15/h4-8,10-11,17H,3,9H2,1-2H3/t11-/m1/s1. The minimum absolute atomic E-state index is 0.221. The van der Waals surface area contributed by atoms with Crippen LogP contribution in [0.4, 0.5) is 0 Å². The Hall–Kier alpha value is -1.32. The summed E-state index contributed by atoms with van der Waals surface area (Å²) in [7, 11) is 0. The predicted molar refractivity (Wildman–Crippen MR) is 74.6 cm³/mol. The molecule has 4 heteroatoms. The first-order valence-electron chi connectivity index (χ1n) is 6.19. The molecule has 1 heterocycles. The minimum atomic E-state index is 0.221. The van der Waals surface area contributed by atoms with Gasteiger partial charge in [-0.2, -0.15) is 0 Å². The van der Waals surface area contributed by atoms with Gasteiger partial charge in [0.1, 0.15) is 0 Å². The highest BCUT2D eigenvalue weighted by Gasteiger charge is 2.09. The van der Waals surface area contributed by atoms with Crippen molar-refractivity contribution in [2.75, 3.05) is 0 Å². The number of rotatable bonds is 5. The monoisotopic (exact) mass is 263 g/mol. The third kappa shape index (κ3) is 2.92. The molecule has 1 aromatic carbocycles. The van der Waals surface area contributed by atoms with Crippen molar-refractivity contribution in [1.29, 1.82) is 0 Å². The first-order chi connectivity index (χ1) is 8.72. The Balaban J connectivity index is 2.01. The zero-order valence-electron chi connectivity index (χ0n) is 10.7. The average Bonchev–Trinajstić information content (AvgIpc) is 2.84. The zero-order chi connectivity index (χ0) is 13.0. The summed E-state index contributed by atoms with van der Waals surface area (Å²) in [4.78, 5) is 4.16. The minimum Gasteiger partial charge on any atom is -0.334 e. The van der Waals surface area contributed by atoms with Crippen molar-refractivity contribution in [3.8, 4) is 0 Å². The van der Waals surface area contributed by atoms with Crippen LogP contribution < -0.4 is 5.32 Å². The fourth-order valence-corrected chi connectivity index (χ4v) is 2.27. The molecule has 0 radical (unpaired) electrons. The Bertz CT molecular complexity index is 507. The second kappa shape index (κ2) is 6.03. The molecule has 0 spiro atoms. The van der Waals surface area contributed by atoms with E-state index in [1.807, 2.05) is 30.7 Å². The Labute approximate surface area is 113 Å². The number of aromatic nitrogens is 2. The van der Waals surface area contributed by atoms with Gasteiger partial charge in [0.25, 0.3) is 0 Å². The highest BCUT2D eigenvalue weighted by molar-refractivity contribution is 6.31. The highest BCUT2D eigenvalue weighted by Crippen LogP contribution is 2.22. The normalized spacial score (nSPS) is 12.6. The summed E-state index contributed by atoms with van der Waals surface area (Å²) in [6.07, 6.45) is 3.76. The Morgan fingerprint density at radius 1 is 1.39 bits per heavy atom. The van der Waals surface area contributed by atoms with Gasteiger partial charge >= 0.3 is 0 Å². The van der Waals surface area contributed by atoms with E-state index in [-0.39, 0.29) is 6.04 Å². The van der Waals surface area contributed by atoms with Gasteiger partial charge < -0.3 is 9.88 Å². The number of imidazole rings is 1. The summed E-state index contributed by atoms with van der Waals surface area (Å²) in [5.41, 5.74) is 2.32. The smallest absolute Gasteiger partial charge is 0.0948 e. The molecule has 96 valence electrons. The number of benzene rings is 1. The highest BCUT2D eigenvalue weighted by atomic mass is 35.5. The predicted octanol–water partition coefficient (Wildman–Crippen LogP) is 3.41. The molecule has 0 aliphatic carbocycles. The summed E-state index contributed by atoms with van der Waals surface area (Å²) in [6.45, 7) is 5.97. The lowest BCUT2D eigenvalue weighted by Gasteiger charge is -2.16. The first kappa shape index (κ1) is 13.1. The summed E-state index contributed by atoms with van der Waals surface area (Å²) in [5.74, 6) is 0. The van der Waals surface area contributed by atoms with Gasteiger partial charge in [-0.3, -0.25) is 0 Å². The SMILES string of the molecule is CCn1cncc1CN[C@H](C)c1ccccc1Cl. The molecule has 1 N–H and O–H groups in total. The lowest BCUT2D eigenvalue weighted by Crippen LogP contribution is -2.20. The lowest BCUT2D eigenvalue weighted by atomic mass is 10.1. The molecule has 18 heavy (non-hydrogen) atoms. The molecule has 2 rings (SSSR count). The van der Waals surface area contributed by atoms with Crippen molar-refractivity contribution >= 4 is 11.6 Å². The average molecular weight is 264 g/mol. The maximum atomic E-state index is 6.18. The van der Waals surface area contributed by atoms with E-state index in [2.05, 4.69) is 34.8 Å². The topological polar surface area (TPSA) is 29.9 Å². The van der Waals surface area contributed by atoms with Crippen LogP contribution >= 0.6 is 11.6 Å². The van der Waals surface area contributed by atoms with E-state index < -0.39 is 0 Å². The molecule has 2 aromatic rings. The van der Waals surface area contributed by atoms with Gasteiger partial charge in [0.2, 0.25) is 0 Å². The van der Waals surface area contributed by atoms with E-state index in [0.717, 1.165) is 23.7 Å². The fourth-order valence-electron chi connectivity index (χ4n) is 1.97. The number of hydrogen-bond acceptors (Lipinski definition) is 2. The molecule has 0 bridgehead atoms. The first-order valence-corrected chi connectivity index (χ1v) is 6.57. The molecular weight excluding hydrogens is 246 g/mol. The Morgan fingerprint density at radius 2 is 2.17 bits per heavy atom. The molecule has 0 fully saturated rings. The summed E-state index contributed by atoms with van der Waals surface area (Å²) < 4.78 is 2.13. The van der Waals surface area contributed by atoms with Crippen molar-refractivity contribution in [2.24, 2.45) is 0 Å². The van der Waals surface area contributed by atoms with E-state index in [1.165, 1.54) is 5.69 Å². The van der Waals surface area contributed by atoms with Crippen LogP contribution in [0.1, 0.15) is 31.1 Å². The van der Waals surface area contributed by atoms with E-state index in [0.29, 0.717) is 0 Å². The lowest BCUT2D eigenvalue weighted by molar-refractivity contribution is 0.550. The van der Waals surface area contributed by atoms with E-state index in [9.17, 15) is 0 Å². The quantitative estimate of drug-likeness (QED) is 0.896. The van der Waals surface area contributed by atoms with Crippen molar-refractivity contribution in [3.63, 3.8) is 0 Å². The molecule has 0 amide bonds. The summed E-state index contributed by atoms with van der Waals surface area (Å²) in [5, 5.41) is 4.28. The summed E-state index contributed by atoms with van der Waals surface area (Å²) >= 11 is 6.18. The van der Waals surface area contributed by atoms with Crippen LogP contribution in [0.3, 0.4) is 0 Å². The molecule has 1 atom stereocenters. The van der Waals surface area contributed by atoms with Gasteiger partial charge in [-0.1, -0.05) is 29.8 Å². The number of halogens is 1. The molecule has 3 nitrogen and oxygen atoms in total. The molecule has 0 saturated heterocycles. The van der Waals surface area contributed by atoms with Crippen molar-refractivity contribution < 1.29 is 0 Å². The van der Waals surface area contributed by atoms with Crippen molar-refractivity contribution in [2.45, 2.75) is 33.0 Å². The third-order valence-corrected chi connectivity index (χ3v) is 3.44. The van der Waals surface area contributed by atoms with Gasteiger partial charge in [-0.15, -0.1) is 0 Å². The zero-order valence-corrected chi connectivity index (χ0v) is 11.5. The molecule has 0 aliphatic rings. The number of hydrogen-bond donors (Lipinski definition) is 1. The third-order valence-electron chi connectivity index (χ3n) is 3.10. The molecule has 0 aliphatic heterocycles. The summed E-state index contributed by atoms with van der Waals surface area (Å²) in [6, 6.07) is 8.15. The Kier molecular flexibility index (Phi) is 4.39. The second-order valence-corrected chi connectivity index (χ2v) is 4.70. The van der Waals surface area contributed by atoms with E-state index in [1.54, 1.807) is 0 Å². The maximum Gasteiger partial charge on any atom is 0.0948 e. The molecule has 0 unspecified atom stereocenters. The Morgan fingerprint density at radius 3 is 2.89 bits per heavy atom. The maximum absolute atomic E-state index is 6.18. The van der Waals surface area contributed by atoms with Crippen LogP contribution in [0.25, 0.3) is 0 Å². The van der Waals surface area contributed by atoms with Crippen LogP contribution in [-0.4, -0.2) is 9.55 Å². The van der Waals surface area contributed by atoms with E-state index >= 15 is 0 Å². The van der Waals surface area contributed by atoms with Crippen LogP contribution in [0, 0.1) is 0 Å². The van der Waals surface area contributed by atoms with Crippen LogP contribution in [0.15, 0.2) is 36.8 Å². The number of aryl methyl sites for hydroxylation is 1. The van der Waals surface area contributed by atoms with Gasteiger partial charge in [-0.25, -0.2) is 4.98 Å². The molecule has 0 saturated carbocycles. The second-order valence-electron chi connectivity index (χ2n) is 4.30. The van der Waals surface area contributed by atoms with Crippen LogP contribution in [-0.2, 0) is 13.1 Å². The van der Waals surface area contributed by atoms with Crippen molar-refractivity contribution in [1.82, 2.24) is 14.9 Å². The number of nitrogens with zero attached hydrogens (tertiary/aromatic N) is 2.